The second kappa shape index (κ2) is 12.7. The molecule has 0 aromatic carbocycles. The highest BCUT2D eigenvalue weighted by Crippen LogP contribution is 2.24. The molecule has 0 aliphatic heterocycles. The lowest BCUT2D eigenvalue weighted by Gasteiger charge is -2.17. The average molecular weight is 272 g/mol. The molecule has 0 amide bonds. The highest BCUT2D eigenvalue weighted by Gasteiger charge is 2.08. The summed E-state index contributed by atoms with van der Waals surface area (Å²) in [6.07, 6.45) is 29.6. The van der Waals surface area contributed by atoms with Crippen LogP contribution in [-0.4, -0.2) is 11.7 Å². The molecule has 0 spiro atoms. The molecule has 0 saturated heterocycles. The third-order valence-electron chi connectivity index (χ3n) is 3.48. The number of unbranched alkanes of at least 4 members (excludes halogenated alkanes) is 1. The first-order chi connectivity index (χ1) is 9.93. The summed E-state index contributed by atoms with van der Waals surface area (Å²) >= 11 is 0. The minimum Gasteiger partial charge on any atom is -0.396 e. The normalized spacial score (nSPS) is 18.6. The highest BCUT2D eigenvalue weighted by atomic mass is 16.2. The summed E-state index contributed by atoms with van der Waals surface area (Å²) in [6.45, 7) is 0.271. The van der Waals surface area contributed by atoms with Crippen LogP contribution in [0.2, 0.25) is 0 Å². The van der Waals surface area contributed by atoms with Crippen molar-refractivity contribution in [2.75, 3.05) is 6.61 Å². The fourth-order valence-electron chi connectivity index (χ4n) is 2.32. The van der Waals surface area contributed by atoms with Crippen LogP contribution in [0.5, 0.6) is 0 Å². The predicted molar refractivity (Wildman–Crippen MR) is 88.6 cm³/mol. The molecule has 1 fully saturated rings. The van der Waals surface area contributed by atoms with Crippen molar-refractivity contribution in [1.29, 1.82) is 0 Å². The van der Waals surface area contributed by atoms with E-state index in [9.17, 15) is 0 Å². The lowest BCUT2D eigenvalue weighted by Crippen LogP contribution is -2.02. The summed E-state index contributed by atoms with van der Waals surface area (Å²) in [6, 6.07) is 0. The number of aliphatic hydroxyl groups excluding tert-OH is 1. The molecule has 0 heterocycles. The van der Waals surface area contributed by atoms with Crippen molar-refractivity contribution in [1.82, 2.24) is 0 Å². The van der Waals surface area contributed by atoms with Gasteiger partial charge in [-0.15, -0.1) is 0 Å². The van der Waals surface area contributed by atoms with Crippen LogP contribution in [0.25, 0.3) is 0 Å². The van der Waals surface area contributed by atoms with E-state index >= 15 is 0 Å². The van der Waals surface area contributed by atoms with E-state index in [4.69, 9.17) is 5.11 Å². The van der Waals surface area contributed by atoms with E-state index < -0.39 is 0 Å². The largest absolute Gasteiger partial charge is 0.396 e. The Kier molecular flexibility index (Phi) is 10.6. The Bertz CT molecular complexity index is 352. The van der Waals surface area contributed by atoms with E-state index in [0.29, 0.717) is 0 Å². The van der Waals surface area contributed by atoms with Crippen molar-refractivity contribution >= 4 is 0 Å². The molecule has 1 aliphatic carbocycles. The Morgan fingerprint density at radius 2 is 1.35 bits per heavy atom. The third-order valence-corrected chi connectivity index (χ3v) is 3.48. The third kappa shape index (κ3) is 9.57. The molecule has 0 radical (unpaired) electrons. The summed E-state index contributed by atoms with van der Waals surface area (Å²) in [4.78, 5) is 0. The molecule has 1 aliphatic rings. The van der Waals surface area contributed by atoms with Gasteiger partial charge in [-0.05, 0) is 31.6 Å². The van der Waals surface area contributed by atoms with Crippen LogP contribution in [0.1, 0.15) is 44.9 Å². The fourth-order valence-corrected chi connectivity index (χ4v) is 2.32. The number of hydrogen-bond acceptors (Lipinski definition) is 1. The van der Waals surface area contributed by atoms with Crippen LogP contribution in [-0.2, 0) is 0 Å². The molecule has 1 saturated carbocycles. The zero-order chi connectivity index (χ0) is 14.3. The van der Waals surface area contributed by atoms with Crippen molar-refractivity contribution in [3.05, 3.63) is 60.8 Å². The van der Waals surface area contributed by atoms with E-state index in [1.807, 2.05) is 30.4 Å². The maximum Gasteiger partial charge on any atom is 0.0433 e. The zero-order valence-electron chi connectivity index (χ0n) is 12.5. The van der Waals surface area contributed by atoms with Gasteiger partial charge < -0.3 is 5.11 Å². The Morgan fingerprint density at radius 3 is 2.00 bits per heavy atom. The van der Waals surface area contributed by atoms with Gasteiger partial charge in [0.1, 0.15) is 0 Å². The van der Waals surface area contributed by atoms with E-state index in [2.05, 4.69) is 30.4 Å². The maximum atomic E-state index is 8.62. The Labute approximate surface area is 124 Å². The molecule has 0 unspecified atom stereocenters. The van der Waals surface area contributed by atoms with Crippen molar-refractivity contribution < 1.29 is 5.11 Å². The minimum absolute atomic E-state index is 0.271. The van der Waals surface area contributed by atoms with Crippen LogP contribution in [0.3, 0.4) is 0 Å². The van der Waals surface area contributed by atoms with E-state index in [-0.39, 0.29) is 6.61 Å². The monoisotopic (exact) mass is 272 g/mol. The molecule has 110 valence electrons. The van der Waals surface area contributed by atoms with Gasteiger partial charge >= 0.3 is 0 Å². The van der Waals surface area contributed by atoms with E-state index in [1.54, 1.807) is 0 Å². The summed E-state index contributed by atoms with van der Waals surface area (Å²) in [5.41, 5.74) is 0. The van der Waals surface area contributed by atoms with Crippen LogP contribution < -0.4 is 0 Å². The quantitative estimate of drug-likeness (QED) is 0.480. The lowest BCUT2D eigenvalue weighted by atomic mass is 9.89. The molecular formula is C19H28O. The number of aliphatic hydroxyl groups is 1. The molecule has 1 rings (SSSR count). The predicted octanol–water partition coefficient (Wildman–Crippen LogP) is 5.12. The van der Waals surface area contributed by atoms with Crippen molar-refractivity contribution in [2.45, 2.75) is 44.9 Å². The standard InChI is InChI=1S/C19H28O/c20-18-14-9-7-5-3-1-2-4-6-8-11-15-19-16-12-10-13-17-19/h1-8,11,15,19-20H,9-10,12-14,16-18H2/b3-1+,4-2+,7-5+,8-6+,15-11+. The van der Waals surface area contributed by atoms with Crippen molar-refractivity contribution in [3.63, 3.8) is 0 Å². The molecule has 0 atom stereocenters. The van der Waals surface area contributed by atoms with Crippen LogP contribution in [0, 0.1) is 5.92 Å². The molecule has 0 aromatic heterocycles. The Morgan fingerprint density at radius 1 is 0.750 bits per heavy atom. The van der Waals surface area contributed by atoms with Gasteiger partial charge in [-0.3, -0.25) is 0 Å². The first-order valence-corrected chi connectivity index (χ1v) is 7.87. The van der Waals surface area contributed by atoms with E-state index in [1.165, 1.54) is 32.1 Å². The van der Waals surface area contributed by atoms with Gasteiger partial charge in [0.25, 0.3) is 0 Å². The average Bonchev–Trinajstić information content (AvgIpc) is 2.49. The minimum atomic E-state index is 0.271. The topological polar surface area (TPSA) is 20.2 Å². The molecule has 1 N–H and O–H groups in total. The van der Waals surface area contributed by atoms with Crippen LogP contribution >= 0.6 is 0 Å². The molecule has 1 nitrogen and oxygen atoms in total. The van der Waals surface area contributed by atoms with Gasteiger partial charge in [-0.2, -0.15) is 0 Å². The molecule has 0 bridgehead atoms. The number of rotatable bonds is 8. The zero-order valence-corrected chi connectivity index (χ0v) is 12.5. The van der Waals surface area contributed by atoms with Gasteiger partial charge in [-0.1, -0.05) is 80.0 Å². The lowest BCUT2D eigenvalue weighted by molar-refractivity contribution is 0.289. The van der Waals surface area contributed by atoms with E-state index in [0.717, 1.165) is 18.8 Å². The second-order valence-electron chi connectivity index (χ2n) is 5.23. The number of allylic oxidation sites excluding steroid dienone is 10. The van der Waals surface area contributed by atoms with Crippen LogP contribution in [0.15, 0.2) is 60.8 Å². The molecular weight excluding hydrogens is 244 g/mol. The fraction of sp³-hybridized carbons (Fsp3) is 0.474. The molecule has 0 aromatic rings. The Hall–Kier alpha value is -1.34. The summed E-state index contributed by atoms with van der Waals surface area (Å²) in [5.74, 6) is 0.807. The first-order valence-electron chi connectivity index (χ1n) is 7.87. The van der Waals surface area contributed by atoms with Gasteiger partial charge in [0, 0.05) is 6.61 Å². The summed E-state index contributed by atoms with van der Waals surface area (Å²) in [5, 5.41) is 8.62. The summed E-state index contributed by atoms with van der Waals surface area (Å²) in [7, 11) is 0. The van der Waals surface area contributed by atoms with Crippen molar-refractivity contribution in [2.24, 2.45) is 5.92 Å². The van der Waals surface area contributed by atoms with Gasteiger partial charge in [0.2, 0.25) is 0 Å². The van der Waals surface area contributed by atoms with Gasteiger partial charge in [0.15, 0.2) is 0 Å². The summed E-state index contributed by atoms with van der Waals surface area (Å²) < 4.78 is 0. The molecule has 1 heteroatoms. The number of hydrogen-bond donors (Lipinski definition) is 1. The SMILES string of the molecule is OCCC/C=C/C=C/C=C/C=C/C=C/C1CCCCC1. The Balaban J connectivity index is 2.10. The highest BCUT2D eigenvalue weighted by molar-refractivity contribution is 5.18. The second-order valence-corrected chi connectivity index (χ2v) is 5.23. The first kappa shape index (κ1) is 16.7. The van der Waals surface area contributed by atoms with Crippen molar-refractivity contribution in [3.8, 4) is 0 Å². The van der Waals surface area contributed by atoms with Crippen LogP contribution in [0.4, 0.5) is 0 Å². The molecule has 20 heavy (non-hydrogen) atoms. The van der Waals surface area contributed by atoms with Gasteiger partial charge in [0.05, 0.1) is 0 Å². The maximum absolute atomic E-state index is 8.62. The van der Waals surface area contributed by atoms with Gasteiger partial charge in [-0.25, -0.2) is 0 Å². The smallest absolute Gasteiger partial charge is 0.0433 e.